The van der Waals surface area contributed by atoms with Crippen LogP contribution in [0.1, 0.15) is 36.2 Å². The molecule has 0 saturated heterocycles. The Hall–Kier alpha value is -3.28. The first-order valence-corrected chi connectivity index (χ1v) is 9.45. The number of benzene rings is 2. The van der Waals surface area contributed by atoms with E-state index in [9.17, 15) is 4.79 Å². The predicted octanol–water partition coefficient (Wildman–Crippen LogP) is 3.47. The van der Waals surface area contributed by atoms with Crippen LogP contribution in [0.15, 0.2) is 60.9 Å². The predicted molar refractivity (Wildman–Crippen MR) is 105 cm³/mol. The van der Waals surface area contributed by atoms with Gasteiger partial charge in [0, 0.05) is 31.3 Å². The second-order valence-corrected chi connectivity index (χ2v) is 6.69. The van der Waals surface area contributed by atoms with Crippen LogP contribution in [0.3, 0.4) is 0 Å². The quantitative estimate of drug-likeness (QED) is 0.685. The number of carbonyl (C=O) groups is 1. The highest BCUT2D eigenvalue weighted by molar-refractivity contribution is 5.77. The maximum Gasteiger partial charge on any atom is 0.231 e. The molecular formula is C22H23N3O3. The van der Waals surface area contributed by atoms with Gasteiger partial charge in [0.1, 0.15) is 5.82 Å². The fraction of sp³-hybridized carbons (Fsp3) is 0.273. The third-order valence-electron chi connectivity index (χ3n) is 4.98. The van der Waals surface area contributed by atoms with Gasteiger partial charge in [0.2, 0.25) is 12.7 Å². The van der Waals surface area contributed by atoms with E-state index in [2.05, 4.69) is 17.2 Å². The molecular weight excluding hydrogens is 354 g/mol. The minimum Gasteiger partial charge on any atom is -0.454 e. The average Bonchev–Trinajstić information content (AvgIpc) is 3.39. The van der Waals surface area contributed by atoms with Crippen molar-refractivity contribution in [1.29, 1.82) is 0 Å². The van der Waals surface area contributed by atoms with Crippen molar-refractivity contribution in [3.63, 3.8) is 0 Å². The lowest BCUT2D eigenvalue weighted by molar-refractivity contribution is -0.121. The molecule has 144 valence electrons. The minimum atomic E-state index is -0.0679. The molecule has 0 aliphatic carbocycles. The van der Waals surface area contributed by atoms with E-state index in [1.165, 1.54) is 0 Å². The molecule has 6 heteroatoms. The fourth-order valence-corrected chi connectivity index (χ4v) is 3.47. The molecule has 28 heavy (non-hydrogen) atoms. The molecule has 6 nitrogen and oxygen atoms in total. The van der Waals surface area contributed by atoms with Crippen molar-refractivity contribution in [3.8, 4) is 11.5 Å². The van der Waals surface area contributed by atoms with Crippen LogP contribution in [0.5, 0.6) is 11.5 Å². The summed E-state index contributed by atoms with van der Waals surface area (Å²) in [6.07, 6.45) is 4.02. The number of fused-ring (bicyclic) bond motifs is 1. The van der Waals surface area contributed by atoms with Gasteiger partial charge in [-0.1, -0.05) is 36.4 Å². The first-order valence-electron chi connectivity index (χ1n) is 9.45. The Bertz CT molecular complexity index is 953. The molecule has 1 atom stereocenters. The molecule has 3 aromatic rings. The number of aryl methyl sites for hydroxylation is 1. The summed E-state index contributed by atoms with van der Waals surface area (Å²) in [5.74, 6) is 2.24. The number of hydrogen-bond donors (Lipinski definition) is 1. The lowest BCUT2D eigenvalue weighted by atomic mass is 9.88. The van der Waals surface area contributed by atoms with Crippen molar-refractivity contribution in [2.45, 2.75) is 32.4 Å². The van der Waals surface area contributed by atoms with Gasteiger partial charge in [0.05, 0.1) is 6.54 Å². The van der Waals surface area contributed by atoms with Crippen molar-refractivity contribution in [3.05, 3.63) is 77.9 Å². The Morgan fingerprint density at radius 1 is 1.14 bits per heavy atom. The van der Waals surface area contributed by atoms with E-state index in [0.29, 0.717) is 13.0 Å². The summed E-state index contributed by atoms with van der Waals surface area (Å²) >= 11 is 0. The summed E-state index contributed by atoms with van der Waals surface area (Å²) in [4.78, 5) is 17.0. The Labute approximate surface area is 164 Å². The second-order valence-electron chi connectivity index (χ2n) is 6.69. The highest BCUT2D eigenvalue weighted by Crippen LogP contribution is 2.37. The smallest absolute Gasteiger partial charge is 0.231 e. The summed E-state index contributed by atoms with van der Waals surface area (Å²) in [6, 6.07) is 15.9. The van der Waals surface area contributed by atoms with Gasteiger partial charge in [-0.3, -0.25) is 4.79 Å². The van der Waals surface area contributed by atoms with Crippen LogP contribution in [0.4, 0.5) is 0 Å². The van der Waals surface area contributed by atoms with Crippen molar-refractivity contribution in [2.75, 3.05) is 6.79 Å². The normalized spacial score (nSPS) is 13.3. The van der Waals surface area contributed by atoms with E-state index < -0.39 is 0 Å². The van der Waals surface area contributed by atoms with Gasteiger partial charge < -0.3 is 19.4 Å². The van der Waals surface area contributed by atoms with Gasteiger partial charge in [-0.05, 0) is 30.2 Å². The van der Waals surface area contributed by atoms with Crippen molar-refractivity contribution in [2.24, 2.45) is 0 Å². The Balaban J connectivity index is 1.52. The number of carbonyl (C=O) groups excluding carboxylic acids is 1. The molecule has 1 N–H and O–H groups in total. The molecule has 0 bridgehead atoms. The Morgan fingerprint density at radius 2 is 1.96 bits per heavy atom. The third-order valence-corrected chi connectivity index (χ3v) is 4.98. The molecule has 2 heterocycles. The monoisotopic (exact) mass is 377 g/mol. The van der Waals surface area contributed by atoms with Gasteiger partial charge in [-0.15, -0.1) is 0 Å². The van der Waals surface area contributed by atoms with E-state index in [1.807, 2.05) is 59.3 Å². The van der Waals surface area contributed by atoms with Crippen LogP contribution in [0.2, 0.25) is 0 Å². The zero-order chi connectivity index (χ0) is 19.3. The van der Waals surface area contributed by atoms with E-state index >= 15 is 0 Å². The van der Waals surface area contributed by atoms with E-state index in [4.69, 9.17) is 9.47 Å². The van der Waals surface area contributed by atoms with E-state index in [1.54, 1.807) is 6.20 Å². The summed E-state index contributed by atoms with van der Waals surface area (Å²) in [6.45, 7) is 3.54. The SMILES string of the molecule is CCn1ccnc1CNC(=O)C[C@H](c1ccccc1)c1ccc2c(c1)OCO2. The number of nitrogens with one attached hydrogen (secondary N) is 1. The molecule has 1 aliphatic rings. The number of amides is 1. The Morgan fingerprint density at radius 3 is 2.79 bits per heavy atom. The molecule has 0 spiro atoms. The molecule has 1 aromatic heterocycles. The number of imidazole rings is 1. The van der Waals surface area contributed by atoms with Crippen molar-refractivity contribution in [1.82, 2.24) is 14.9 Å². The van der Waals surface area contributed by atoms with Gasteiger partial charge in [-0.2, -0.15) is 0 Å². The van der Waals surface area contributed by atoms with Crippen LogP contribution in [0, 0.1) is 0 Å². The topological polar surface area (TPSA) is 65.4 Å². The maximum atomic E-state index is 12.7. The molecule has 0 radical (unpaired) electrons. The summed E-state index contributed by atoms with van der Waals surface area (Å²) in [7, 11) is 0. The van der Waals surface area contributed by atoms with E-state index in [-0.39, 0.29) is 18.6 Å². The lowest BCUT2D eigenvalue weighted by Crippen LogP contribution is -2.26. The second kappa shape index (κ2) is 8.17. The number of nitrogens with zero attached hydrogens (tertiary/aromatic N) is 2. The number of ether oxygens (including phenoxy) is 2. The largest absolute Gasteiger partial charge is 0.454 e. The number of aromatic nitrogens is 2. The van der Waals surface area contributed by atoms with Crippen LogP contribution in [-0.2, 0) is 17.9 Å². The summed E-state index contributed by atoms with van der Waals surface area (Å²) < 4.78 is 12.9. The summed E-state index contributed by atoms with van der Waals surface area (Å²) in [5.41, 5.74) is 2.12. The van der Waals surface area contributed by atoms with Gasteiger partial charge in [0.25, 0.3) is 0 Å². The molecule has 0 unspecified atom stereocenters. The van der Waals surface area contributed by atoms with Crippen LogP contribution in [0.25, 0.3) is 0 Å². The van der Waals surface area contributed by atoms with Crippen LogP contribution in [-0.4, -0.2) is 22.3 Å². The standard InChI is InChI=1S/C22H23N3O3/c1-2-25-11-10-23-21(25)14-24-22(26)13-18(16-6-4-3-5-7-16)17-8-9-19-20(12-17)28-15-27-19/h3-12,18H,2,13-15H2,1H3,(H,24,26)/t18-/m1/s1. The number of rotatable bonds is 7. The third kappa shape index (κ3) is 3.86. The van der Waals surface area contributed by atoms with E-state index in [0.717, 1.165) is 35.0 Å². The molecule has 1 aliphatic heterocycles. The first-order chi connectivity index (χ1) is 13.7. The lowest BCUT2D eigenvalue weighted by Gasteiger charge is -2.18. The number of hydrogen-bond acceptors (Lipinski definition) is 4. The molecule has 2 aromatic carbocycles. The zero-order valence-electron chi connectivity index (χ0n) is 15.8. The van der Waals surface area contributed by atoms with Gasteiger partial charge in [-0.25, -0.2) is 4.98 Å². The molecule has 0 fully saturated rings. The molecule has 1 amide bonds. The zero-order valence-corrected chi connectivity index (χ0v) is 15.8. The Kier molecular flexibility index (Phi) is 5.28. The molecule has 0 saturated carbocycles. The van der Waals surface area contributed by atoms with Crippen molar-refractivity contribution < 1.29 is 14.3 Å². The van der Waals surface area contributed by atoms with Crippen LogP contribution >= 0.6 is 0 Å². The first kappa shape index (κ1) is 18.1. The van der Waals surface area contributed by atoms with Gasteiger partial charge in [0.15, 0.2) is 11.5 Å². The van der Waals surface area contributed by atoms with Crippen molar-refractivity contribution >= 4 is 5.91 Å². The highest BCUT2D eigenvalue weighted by atomic mass is 16.7. The maximum absolute atomic E-state index is 12.7. The highest BCUT2D eigenvalue weighted by Gasteiger charge is 2.22. The average molecular weight is 377 g/mol. The van der Waals surface area contributed by atoms with Gasteiger partial charge >= 0.3 is 0 Å². The minimum absolute atomic E-state index is 0.0165. The molecule has 4 rings (SSSR count). The summed E-state index contributed by atoms with van der Waals surface area (Å²) in [5, 5.41) is 3.00. The van der Waals surface area contributed by atoms with Crippen LogP contribution < -0.4 is 14.8 Å². The fourth-order valence-electron chi connectivity index (χ4n) is 3.47.